The SMILES string of the molecule is O=C(NC1CCCNC1)c1cc(-c2ccc(F)cc2)n[nH]1. The fraction of sp³-hybridized carbons (Fsp3) is 0.333. The summed E-state index contributed by atoms with van der Waals surface area (Å²) in [5.41, 5.74) is 1.81. The molecule has 5 nitrogen and oxygen atoms in total. The molecular weight excluding hydrogens is 271 g/mol. The predicted molar refractivity (Wildman–Crippen MR) is 77.3 cm³/mol. The molecule has 21 heavy (non-hydrogen) atoms. The van der Waals surface area contributed by atoms with E-state index in [2.05, 4.69) is 20.8 Å². The molecule has 2 aromatic rings. The summed E-state index contributed by atoms with van der Waals surface area (Å²) in [6.07, 6.45) is 2.05. The fourth-order valence-corrected chi connectivity index (χ4v) is 2.44. The van der Waals surface area contributed by atoms with E-state index < -0.39 is 0 Å². The Balaban J connectivity index is 1.69. The summed E-state index contributed by atoms with van der Waals surface area (Å²) in [5, 5.41) is 13.1. The van der Waals surface area contributed by atoms with Gasteiger partial charge in [-0.2, -0.15) is 5.10 Å². The molecule has 1 amide bonds. The van der Waals surface area contributed by atoms with Crippen LogP contribution in [0.25, 0.3) is 11.3 Å². The van der Waals surface area contributed by atoms with Crippen LogP contribution in [0.5, 0.6) is 0 Å². The number of nitrogens with one attached hydrogen (secondary N) is 3. The molecule has 0 bridgehead atoms. The molecular formula is C15H17FN4O. The van der Waals surface area contributed by atoms with Gasteiger partial charge in [-0.1, -0.05) is 0 Å². The number of halogens is 1. The molecule has 110 valence electrons. The number of piperidine rings is 1. The zero-order chi connectivity index (χ0) is 14.7. The van der Waals surface area contributed by atoms with Crippen LogP contribution in [-0.2, 0) is 0 Å². The molecule has 1 fully saturated rings. The average Bonchev–Trinajstić information content (AvgIpc) is 2.99. The molecule has 1 atom stereocenters. The molecule has 0 radical (unpaired) electrons. The van der Waals surface area contributed by atoms with E-state index in [0.29, 0.717) is 11.4 Å². The highest BCUT2D eigenvalue weighted by atomic mass is 19.1. The predicted octanol–water partition coefficient (Wildman–Crippen LogP) is 1.70. The molecule has 1 aliphatic heterocycles. The Bertz CT molecular complexity index is 617. The smallest absolute Gasteiger partial charge is 0.269 e. The minimum absolute atomic E-state index is 0.156. The Hall–Kier alpha value is -2.21. The van der Waals surface area contributed by atoms with Crippen molar-refractivity contribution in [2.45, 2.75) is 18.9 Å². The van der Waals surface area contributed by atoms with Gasteiger partial charge in [0.15, 0.2) is 0 Å². The maximum atomic E-state index is 12.9. The lowest BCUT2D eigenvalue weighted by Crippen LogP contribution is -2.45. The van der Waals surface area contributed by atoms with Crippen molar-refractivity contribution >= 4 is 5.91 Å². The van der Waals surface area contributed by atoms with Gasteiger partial charge in [-0.05, 0) is 49.7 Å². The number of benzene rings is 1. The van der Waals surface area contributed by atoms with Crippen LogP contribution in [0.15, 0.2) is 30.3 Å². The Labute approximate surface area is 121 Å². The molecule has 6 heteroatoms. The Morgan fingerprint density at radius 3 is 2.86 bits per heavy atom. The minimum Gasteiger partial charge on any atom is -0.347 e. The number of hydrogen-bond acceptors (Lipinski definition) is 3. The summed E-state index contributed by atoms with van der Waals surface area (Å²) >= 11 is 0. The van der Waals surface area contributed by atoms with E-state index in [1.54, 1.807) is 18.2 Å². The first-order valence-corrected chi connectivity index (χ1v) is 7.05. The standard InChI is InChI=1S/C15H17FN4O/c16-11-5-3-10(4-6-11)13-8-14(20-19-13)15(21)18-12-2-1-7-17-9-12/h3-6,8,12,17H,1-2,7,9H2,(H,18,21)(H,19,20). The van der Waals surface area contributed by atoms with Gasteiger partial charge in [0.2, 0.25) is 0 Å². The first-order valence-electron chi connectivity index (χ1n) is 7.05. The van der Waals surface area contributed by atoms with E-state index in [1.807, 2.05) is 0 Å². The number of carbonyl (C=O) groups excluding carboxylic acids is 1. The average molecular weight is 288 g/mol. The minimum atomic E-state index is -0.294. The van der Waals surface area contributed by atoms with Crippen molar-refractivity contribution in [3.63, 3.8) is 0 Å². The topological polar surface area (TPSA) is 69.8 Å². The quantitative estimate of drug-likeness (QED) is 0.805. The zero-order valence-electron chi connectivity index (χ0n) is 11.5. The van der Waals surface area contributed by atoms with Crippen molar-refractivity contribution in [1.29, 1.82) is 0 Å². The highest BCUT2D eigenvalue weighted by molar-refractivity contribution is 5.93. The molecule has 1 aromatic heterocycles. The second kappa shape index (κ2) is 6.05. The maximum absolute atomic E-state index is 12.9. The molecule has 3 rings (SSSR count). The second-order valence-electron chi connectivity index (χ2n) is 5.19. The van der Waals surface area contributed by atoms with Crippen molar-refractivity contribution in [1.82, 2.24) is 20.8 Å². The lowest BCUT2D eigenvalue weighted by Gasteiger charge is -2.23. The molecule has 2 heterocycles. The summed E-state index contributed by atoms with van der Waals surface area (Å²) in [6.45, 7) is 1.80. The Kier molecular flexibility index (Phi) is 3.96. The molecule has 1 saturated heterocycles. The van der Waals surface area contributed by atoms with Crippen molar-refractivity contribution in [2.24, 2.45) is 0 Å². The molecule has 1 unspecified atom stereocenters. The third kappa shape index (κ3) is 3.28. The molecule has 0 aliphatic carbocycles. The number of amides is 1. The molecule has 0 saturated carbocycles. The van der Waals surface area contributed by atoms with Crippen molar-refractivity contribution in [2.75, 3.05) is 13.1 Å². The van der Waals surface area contributed by atoms with Crippen LogP contribution < -0.4 is 10.6 Å². The van der Waals surface area contributed by atoms with Gasteiger partial charge >= 0.3 is 0 Å². The van der Waals surface area contributed by atoms with Gasteiger partial charge in [0.1, 0.15) is 11.5 Å². The van der Waals surface area contributed by atoms with E-state index in [9.17, 15) is 9.18 Å². The third-order valence-electron chi connectivity index (χ3n) is 3.59. The molecule has 0 spiro atoms. The number of hydrogen-bond donors (Lipinski definition) is 3. The zero-order valence-corrected chi connectivity index (χ0v) is 11.5. The van der Waals surface area contributed by atoms with E-state index in [0.717, 1.165) is 31.5 Å². The Morgan fingerprint density at radius 1 is 1.33 bits per heavy atom. The molecule has 1 aliphatic rings. The summed E-state index contributed by atoms with van der Waals surface area (Å²) in [5.74, 6) is -0.457. The van der Waals surface area contributed by atoms with Crippen LogP contribution in [0.2, 0.25) is 0 Å². The van der Waals surface area contributed by atoms with E-state index in [1.165, 1.54) is 12.1 Å². The fourth-order valence-electron chi connectivity index (χ4n) is 2.44. The second-order valence-corrected chi connectivity index (χ2v) is 5.19. The van der Waals surface area contributed by atoms with Crippen LogP contribution >= 0.6 is 0 Å². The molecule has 1 aromatic carbocycles. The summed E-state index contributed by atoms with van der Waals surface area (Å²) in [4.78, 5) is 12.1. The number of aromatic nitrogens is 2. The van der Waals surface area contributed by atoms with Crippen LogP contribution in [0.1, 0.15) is 23.3 Å². The van der Waals surface area contributed by atoms with E-state index in [-0.39, 0.29) is 17.8 Å². The number of H-pyrrole nitrogens is 1. The van der Waals surface area contributed by atoms with Crippen LogP contribution in [-0.4, -0.2) is 35.2 Å². The van der Waals surface area contributed by atoms with Gasteiger partial charge in [-0.3, -0.25) is 9.89 Å². The van der Waals surface area contributed by atoms with E-state index >= 15 is 0 Å². The highest BCUT2D eigenvalue weighted by Crippen LogP contribution is 2.18. The third-order valence-corrected chi connectivity index (χ3v) is 3.59. The van der Waals surface area contributed by atoms with Gasteiger partial charge < -0.3 is 10.6 Å². The van der Waals surface area contributed by atoms with Gasteiger partial charge in [0.25, 0.3) is 5.91 Å². The summed E-state index contributed by atoms with van der Waals surface area (Å²) < 4.78 is 12.9. The highest BCUT2D eigenvalue weighted by Gasteiger charge is 2.18. The van der Waals surface area contributed by atoms with E-state index in [4.69, 9.17) is 0 Å². The summed E-state index contributed by atoms with van der Waals surface area (Å²) in [6, 6.07) is 7.85. The summed E-state index contributed by atoms with van der Waals surface area (Å²) in [7, 11) is 0. The monoisotopic (exact) mass is 288 g/mol. The Morgan fingerprint density at radius 2 is 2.14 bits per heavy atom. The normalized spacial score (nSPS) is 18.4. The first kappa shape index (κ1) is 13.8. The maximum Gasteiger partial charge on any atom is 0.269 e. The van der Waals surface area contributed by atoms with Gasteiger partial charge in [0, 0.05) is 18.2 Å². The van der Waals surface area contributed by atoms with Gasteiger partial charge in [-0.25, -0.2) is 4.39 Å². The number of rotatable bonds is 3. The van der Waals surface area contributed by atoms with Crippen molar-refractivity contribution < 1.29 is 9.18 Å². The van der Waals surface area contributed by atoms with Crippen LogP contribution in [0, 0.1) is 5.82 Å². The van der Waals surface area contributed by atoms with Gasteiger partial charge in [-0.15, -0.1) is 0 Å². The van der Waals surface area contributed by atoms with Crippen LogP contribution in [0.3, 0.4) is 0 Å². The first-order chi connectivity index (χ1) is 10.2. The number of nitrogens with zero attached hydrogens (tertiary/aromatic N) is 1. The van der Waals surface area contributed by atoms with Crippen molar-refractivity contribution in [3.8, 4) is 11.3 Å². The van der Waals surface area contributed by atoms with Crippen molar-refractivity contribution in [3.05, 3.63) is 41.8 Å². The largest absolute Gasteiger partial charge is 0.347 e. The number of carbonyl (C=O) groups is 1. The lowest BCUT2D eigenvalue weighted by molar-refractivity contribution is 0.0925. The lowest BCUT2D eigenvalue weighted by atomic mass is 10.1. The van der Waals surface area contributed by atoms with Gasteiger partial charge in [0.05, 0.1) is 5.69 Å². The van der Waals surface area contributed by atoms with Crippen LogP contribution in [0.4, 0.5) is 4.39 Å². The number of aromatic amines is 1. The molecule has 3 N–H and O–H groups in total.